The van der Waals surface area contributed by atoms with Crippen molar-refractivity contribution in [2.45, 2.75) is 38.5 Å². The first-order chi connectivity index (χ1) is 9.79. The highest BCUT2D eigenvalue weighted by Crippen LogP contribution is 2.24. The summed E-state index contributed by atoms with van der Waals surface area (Å²) in [6.45, 7) is 11.6. The molecule has 21 heavy (non-hydrogen) atoms. The molecular formula is C17H23NO2Si. The first-order valence-electron chi connectivity index (χ1n) is 7.41. The van der Waals surface area contributed by atoms with E-state index in [0.717, 1.165) is 18.9 Å². The van der Waals surface area contributed by atoms with Crippen LogP contribution in [-0.2, 0) is 0 Å². The fourth-order valence-corrected chi connectivity index (χ4v) is 4.44. The Kier molecular flexibility index (Phi) is 4.47. The van der Waals surface area contributed by atoms with E-state index in [4.69, 9.17) is 0 Å². The monoisotopic (exact) mass is 301 g/mol. The molecule has 0 aromatic heterocycles. The number of imide groups is 1. The van der Waals surface area contributed by atoms with E-state index >= 15 is 0 Å². The molecule has 1 aromatic rings. The third-order valence-electron chi connectivity index (χ3n) is 3.57. The molecule has 2 amide bonds. The van der Waals surface area contributed by atoms with Crippen molar-refractivity contribution >= 4 is 19.9 Å². The van der Waals surface area contributed by atoms with Crippen LogP contribution in [0.4, 0.5) is 0 Å². The quantitative estimate of drug-likeness (QED) is 0.453. The zero-order valence-electron chi connectivity index (χ0n) is 13.1. The van der Waals surface area contributed by atoms with Gasteiger partial charge >= 0.3 is 0 Å². The van der Waals surface area contributed by atoms with Gasteiger partial charge in [-0.3, -0.25) is 14.5 Å². The summed E-state index contributed by atoms with van der Waals surface area (Å²) in [6.07, 6.45) is 1.69. The van der Waals surface area contributed by atoms with Crippen LogP contribution in [-0.4, -0.2) is 31.3 Å². The summed E-state index contributed by atoms with van der Waals surface area (Å²) in [5, 5.41) is 0. The van der Waals surface area contributed by atoms with Gasteiger partial charge in [0.2, 0.25) is 0 Å². The molecule has 0 bridgehead atoms. The van der Waals surface area contributed by atoms with Crippen molar-refractivity contribution in [2.75, 3.05) is 6.54 Å². The van der Waals surface area contributed by atoms with Crippen LogP contribution in [0.15, 0.2) is 36.4 Å². The van der Waals surface area contributed by atoms with Gasteiger partial charge in [0.05, 0.1) is 11.1 Å². The first-order valence-corrected chi connectivity index (χ1v) is 11.1. The van der Waals surface area contributed by atoms with Gasteiger partial charge in [-0.25, -0.2) is 0 Å². The summed E-state index contributed by atoms with van der Waals surface area (Å²) in [5.74, 6) is -0.321. The lowest BCUT2D eigenvalue weighted by atomic mass is 10.1. The summed E-state index contributed by atoms with van der Waals surface area (Å²) in [4.78, 5) is 25.8. The van der Waals surface area contributed by atoms with Gasteiger partial charge < -0.3 is 0 Å². The molecule has 0 N–H and O–H groups in total. The zero-order valence-corrected chi connectivity index (χ0v) is 14.1. The molecule has 0 saturated heterocycles. The summed E-state index contributed by atoms with van der Waals surface area (Å²) in [5.41, 5.74) is 2.30. The molecular weight excluding hydrogens is 278 g/mol. The fraction of sp³-hybridized carbons (Fsp3) is 0.412. The predicted octanol–water partition coefficient (Wildman–Crippen LogP) is 3.96. The van der Waals surface area contributed by atoms with Gasteiger partial charge in [-0.05, 0) is 31.0 Å². The van der Waals surface area contributed by atoms with E-state index in [0.29, 0.717) is 17.7 Å². The number of nitrogens with zero attached hydrogens (tertiary/aromatic N) is 1. The molecule has 0 radical (unpaired) electrons. The number of allylic oxidation sites excluding steroid dienone is 1. The average Bonchev–Trinajstić information content (AvgIpc) is 2.62. The lowest BCUT2D eigenvalue weighted by Crippen LogP contribution is -2.30. The van der Waals surface area contributed by atoms with Crippen molar-refractivity contribution in [3.05, 3.63) is 47.5 Å². The van der Waals surface area contributed by atoms with Crippen molar-refractivity contribution in [2.24, 2.45) is 0 Å². The van der Waals surface area contributed by atoms with Crippen molar-refractivity contribution in [3.63, 3.8) is 0 Å². The number of benzene rings is 1. The van der Waals surface area contributed by atoms with Gasteiger partial charge in [-0.2, -0.15) is 0 Å². The third kappa shape index (κ3) is 3.70. The van der Waals surface area contributed by atoms with E-state index < -0.39 is 8.07 Å². The molecule has 0 fully saturated rings. The van der Waals surface area contributed by atoms with Crippen LogP contribution in [0.5, 0.6) is 0 Å². The Morgan fingerprint density at radius 1 is 1.10 bits per heavy atom. The maximum absolute atomic E-state index is 12.2. The summed E-state index contributed by atoms with van der Waals surface area (Å²) < 4.78 is 0. The lowest BCUT2D eigenvalue weighted by Gasteiger charge is -2.18. The average molecular weight is 301 g/mol. The van der Waals surface area contributed by atoms with Crippen molar-refractivity contribution in [1.29, 1.82) is 0 Å². The number of carbonyl (C=O) groups excluding carboxylic acids is 2. The molecule has 2 rings (SSSR count). The molecule has 1 aliphatic rings. The van der Waals surface area contributed by atoms with Crippen LogP contribution in [0.1, 0.15) is 33.6 Å². The molecule has 1 aliphatic heterocycles. The molecule has 0 aliphatic carbocycles. The van der Waals surface area contributed by atoms with Gasteiger partial charge in [0.15, 0.2) is 0 Å². The minimum absolute atomic E-state index is 0.161. The molecule has 112 valence electrons. The molecule has 0 spiro atoms. The Labute approximate surface area is 127 Å². The second-order valence-corrected chi connectivity index (χ2v) is 12.4. The van der Waals surface area contributed by atoms with Gasteiger partial charge in [0.25, 0.3) is 11.8 Å². The van der Waals surface area contributed by atoms with E-state index in [1.807, 2.05) is 0 Å². The van der Waals surface area contributed by atoms with E-state index in [1.54, 1.807) is 24.3 Å². The number of fused-ring (bicyclic) bond motifs is 1. The molecule has 0 saturated carbocycles. The molecule has 3 nitrogen and oxygen atoms in total. The zero-order chi connectivity index (χ0) is 15.6. The largest absolute Gasteiger partial charge is 0.274 e. The number of hydrogen-bond acceptors (Lipinski definition) is 2. The van der Waals surface area contributed by atoms with E-state index in [2.05, 4.69) is 26.2 Å². The highest BCUT2D eigenvalue weighted by atomic mass is 28.3. The van der Waals surface area contributed by atoms with Crippen LogP contribution in [0.3, 0.4) is 0 Å². The fourth-order valence-electron chi connectivity index (χ4n) is 2.77. The minimum atomic E-state index is -1.13. The summed E-state index contributed by atoms with van der Waals surface area (Å²) >= 11 is 0. The SMILES string of the molecule is C=C(CCCN1C(=O)c2ccccc2C1=O)C[Si](C)(C)C. The van der Waals surface area contributed by atoms with Gasteiger partial charge in [-0.1, -0.05) is 37.3 Å². The third-order valence-corrected chi connectivity index (χ3v) is 5.13. The van der Waals surface area contributed by atoms with Crippen molar-refractivity contribution in [3.8, 4) is 0 Å². The second-order valence-electron chi connectivity index (χ2n) is 6.90. The number of amides is 2. The van der Waals surface area contributed by atoms with E-state index in [-0.39, 0.29) is 11.8 Å². The Bertz CT molecular complexity index is 552. The van der Waals surface area contributed by atoms with Crippen molar-refractivity contribution < 1.29 is 9.59 Å². The highest BCUT2D eigenvalue weighted by molar-refractivity contribution is 6.76. The number of hydrogen-bond donors (Lipinski definition) is 0. The Hall–Kier alpha value is -1.68. The topological polar surface area (TPSA) is 37.4 Å². The van der Waals surface area contributed by atoms with Gasteiger partial charge in [0.1, 0.15) is 0 Å². The Morgan fingerprint density at radius 3 is 2.10 bits per heavy atom. The van der Waals surface area contributed by atoms with Crippen LogP contribution in [0.25, 0.3) is 0 Å². The van der Waals surface area contributed by atoms with Gasteiger partial charge in [-0.15, -0.1) is 6.58 Å². The predicted molar refractivity (Wildman–Crippen MR) is 88.3 cm³/mol. The van der Waals surface area contributed by atoms with Crippen LogP contribution in [0.2, 0.25) is 25.7 Å². The van der Waals surface area contributed by atoms with E-state index in [1.165, 1.54) is 10.5 Å². The van der Waals surface area contributed by atoms with Crippen LogP contribution in [0, 0.1) is 0 Å². The minimum Gasteiger partial charge on any atom is -0.274 e. The van der Waals surface area contributed by atoms with E-state index in [9.17, 15) is 9.59 Å². The molecule has 1 aromatic carbocycles. The maximum Gasteiger partial charge on any atom is 0.261 e. The molecule has 1 heterocycles. The van der Waals surface area contributed by atoms with Crippen LogP contribution >= 0.6 is 0 Å². The molecule has 0 atom stereocenters. The lowest BCUT2D eigenvalue weighted by molar-refractivity contribution is 0.0652. The molecule has 4 heteroatoms. The normalized spacial score (nSPS) is 14.5. The maximum atomic E-state index is 12.2. The molecule has 0 unspecified atom stereocenters. The second kappa shape index (κ2) is 5.98. The van der Waals surface area contributed by atoms with Crippen LogP contribution < -0.4 is 0 Å². The Morgan fingerprint density at radius 2 is 1.62 bits per heavy atom. The summed E-state index contributed by atoms with van der Waals surface area (Å²) in [6, 6.07) is 8.14. The standard InChI is InChI=1S/C17H23NO2Si/c1-13(12-21(2,3)4)8-7-11-18-16(19)14-9-5-6-10-15(14)17(18)20/h5-6,9-10H,1,7-8,11-12H2,2-4H3. The first kappa shape index (κ1) is 15.7. The van der Waals surface area contributed by atoms with Gasteiger partial charge in [0, 0.05) is 14.6 Å². The summed E-state index contributed by atoms with van der Waals surface area (Å²) in [7, 11) is -1.13. The Balaban J connectivity index is 1.90. The van der Waals surface area contributed by atoms with Crippen molar-refractivity contribution in [1.82, 2.24) is 4.90 Å². The number of carbonyl (C=O) groups is 2. The number of rotatable bonds is 6. The highest BCUT2D eigenvalue weighted by Gasteiger charge is 2.34. The smallest absolute Gasteiger partial charge is 0.261 e.